The van der Waals surface area contributed by atoms with Gasteiger partial charge in [0.15, 0.2) is 0 Å². The Hall–Kier alpha value is -0.600. The SMILES string of the molecule is CCCCN(c1c(Cl)cc(N)cc1Cl)C(C)CC. The molecule has 0 saturated heterocycles. The fraction of sp³-hybridized carbons (Fsp3) is 0.571. The standard InChI is InChI=1S/C14H22Cl2N2/c1-4-6-7-18(10(3)5-2)14-12(15)8-11(17)9-13(14)16/h8-10H,4-7,17H2,1-3H3. The molecule has 1 unspecified atom stereocenters. The second-order valence-electron chi connectivity index (χ2n) is 4.64. The highest BCUT2D eigenvalue weighted by Gasteiger charge is 2.19. The van der Waals surface area contributed by atoms with Crippen molar-refractivity contribution < 1.29 is 0 Å². The van der Waals surface area contributed by atoms with E-state index >= 15 is 0 Å². The van der Waals surface area contributed by atoms with E-state index in [2.05, 4.69) is 25.7 Å². The number of anilines is 2. The molecular weight excluding hydrogens is 267 g/mol. The Morgan fingerprint density at radius 2 is 1.78 bits per heavy atom. The molecule has 0 amide bonds. The van der Waals surface area contributed by atoms with E-state index in [1.165, 1.54) is 0 Å². The predicted octanol–water partition coefficient (Wildman–Crippen LogP) is 4.98. The van der Waals surface area contributed by atoms with Gasteiger partial charge in [0.1, 0.15) is 0 Å². The van der Waals surface area contributed by atoms with Crippen molar-refractivity contribution in [3.05, 3.63) is 22.2 Å². The minimum atomic E-state index is 0.412. The van der Waals surface area contributed by atoms with Gasteiger partial charge in [-0.05, 0) is 31.9 Å². The van der Waals surface area contributed by atoms with Crippen LogP contribution in [-0.2, 0) is 0 Å². The molecule has 0 bridgehead atoms. The monoisotopic (exact) mass is 288 g/mol. The van der Waals surface area contributed by atoms with E-state index in [9.17, 15) is 0 Å². The molecule has 1 aromatic rings. The van der Waals surface area contributed by atoms with E-state index in [0.29, 0.717) is 21.8 Å². The topological polar surface area (TPSA) is 29.3 Å². The van der Waals surface area contributed by atoms with Crippen LogP contribution >= 0.6 is 23.2 Å². The number of nitrogen functional groups attached to an aromatic ring is 1. The van der Waals surface area contributed by atoms with Gasteiger partial charge in [-0.15, -0.1) is 0 Å². The van der Waals surface area contributed by atoms with Crippen molar-refractivity contribution in [2.45, 2.75) is 46.1 Å². The third kappa shape index (κ3) is 3.69. The van der Waals surface area contributed by atoms with E-state index in [0.717, 1.165) is 31.5 Å². The second-order valence-corrected chi connectivity index (χ2v) is 5.45. The Balaban J connectivity index is 3.11. The lowest BCUT2D eigenvalue weighted by atomic mass is 10.1. The summed E-state index contributed by atoms with van der Waals surface area (Å²) in [6, 6.07) is 3.95. The molecule has 2 nitrogen and oxygen atoms in total. The molecule has 1 aromatic carbocycles. The second kappa shape index (κ2) is 7.10. The molecule has 1 rings (SSSR count). The van der Waals surface area contributed by atoms with Gasteiger partial charge in [0.05, 0.1) is 15.7 Å². The number of nitrogens with zero attached hydrogens (tertiary/aromatic N) is 1. The number of benzene rings is 1. The molecule has 0 aromatic heterocycles. The van der Waals surface area contributed by atoms with Crippen LogP contribution in [-0.4, -0.2) is 12.6 Å². The number of nitrogens with two attached hydrogens (primary N) is 1. The number of rotatable bonds is 6. The van der Waals surface area contributed by atoms with E-state index in [4.69, 9.17) is 28.9 Å². The summed E-state index contributed by atoms with van der Waals surface area (Å²) >= 11 is 12.6. The third-order valence-electron chi connectivity index (χ3n) is 3.20. The molecule has 0 radical (unpaired) electrons. The van der Waals surface area contributed by atoms with Crippen molar-refractivity contribution >= 4 is 34.6 Å². The van der Waals surface area contributed by atoms with Crippen LogP contribution in [0.15, 0.2) is 12.1 Å². The maximum absolute atomic E-state index is 6.30. The Bertz CT molecular complexity index is 370. The Kier molecular flexibility index (Phi) is 6.10. The molecule has 4 heteroatoms. The lowest BCUT2D eigenvalue weighted by Crippen LogP contribution is -2.34. The highest BCUT2D eigenvalue weighted by molar-refractivity contribution is 6.39. The van der Waals surface area contributed by atoms with Crippen LogP contribution < -0.4 is 10.6 Å². The van der Waals surface area contributed by atoms with Gasteiger partial charge in [0.2, 0.25) is 0 Å². The summed E-state index contributed by atoms with van der Waals surface area (Å²) in [6.07, 6.45) is 3.33. The van der Waals surface area contributed by atoms with Crippen molar-refractivity contribution in [2.24, 2.45) is 0 Å². The molecule has 0 spiro atoms. The Labute approximate surface area is 120 Å². The quantitative estimate of drug-likeness (QED) is 0.748. The molecule has 1 atom stereocenters. The number of halogens is 2. The van der Waals surface area contributed by atoms with E-state index in [1.54, 1.807) is 12.1 Å². The van der Waals surface area contributed by atoms with E-state index in [1.807, 2.05) is 0 Å². The molecule has 0 aliphatic heterocycles. The van der Waals surface area contributed by atoms with Crippen LogP contribution in [0.3, 0.4) is 0 Å². The van der Waals surface area contributed by atoms with Crippen molar-refractivity contribution in [1.82, 2.24) is 0 Å². The number of hydrogen-bond acceptors (Lipinski definition) is 2. The first-order valence-corrected chi connectivity index (χ1v) is 7.28. The van der Waals surface area contributed by atoms with Gasteiger partial charge in [0.25, 0.3) is 0 Å². The molecule has 0 aliphatic rings. The van der Waals surface area contributed by atoms with Crippen molar-refractivity contribution in [3.8, 4) is 0 Å². The first-order chi connectivity index (χ1) is 8.51. The van der Waals surface area contributed by atoms with Crippen molar-refractivity contribution in [1.29, 1.82) is 0 Å². The lowest BCUT2D eigenvalue weighted by Gasteiger charge is -2.32. The fourth-order valence-electron chi connectivity index (χ4n) is 1.96. The Morgan fingerprint density at radius 3 is 2.22 bits per heavy atom. The van der Waals surface area contributed by atoms with Crippen LogP contribution in [0.25, 0.3) is 0 Å². The molecule has 0 fully saturated rings. The maximum atomic E-state index is 6.30. The molecule has 0 heterocycles. The zero-order valence-electron chi connectivity index (χ0n) is 11.3. The zero-order chi connectivity index (χ0) is 13.7. The van der Waals surface area contributed by atoms with Gasteiger partial charge in [-0.3, -0.25) is 0 Å². The largest absolute Gasteiger partial charge is 0.399 e. The fourth-order valence-corrected chi connectivity index (χ4v) is 2.68. The summed E-state index contributed by atoms with van der Waals surface area (Å²) in [7, 11) is 0. The zero-order valence-corrected chi connectivity index (χ0v) is 12.9. The maximum Gasteiger partial charge on any atom is 0.0748 e. The van der Waals surface area contributed by atoms with Gasteiger partial charge in [-0.25, -0.2) is 0 Å². The first-order valence-electron chi connectivity index (χ1n) is 6.52. The molecule has 18 heavy (non-hydrogen) atoms. The molecular formula is C14H22Cl2N2. The molecule has 2 N–H and O–H groups in total. The molecule has 102 valence electrons. The van der Waals surface area contributed by atoms with Crippen LogP contribution in [0.1, 0.15) is 40.0 Å². The first kappa shape index (κ1) is 15.5. The minimum absolute atomic E-state index is 0.412. The summed E-state index contributed by atoms with van der Waals surface area (Å²) in [5.41, 5.74) is 7.27. The van der Waals surface area contributed by atoms with Crippen LogP contribution in [0.4, 0.5) is 11.4 Å². The molecule has 0 saturated carbocycles. The Morgan fingerprint density at radius 1 is 1.22 bits per heavy atom. The average molecular weight is 289 g/mol. The van der Waals surface area contributed by atoms with Crippen molar-refractivity contribution in [2.75, 3.05) is 17.2 Å². The number of hydrogen-bond donors (Lipinski definition) is 1. The third-order valence-corrected chi connectivity index (χ3v) is 3.78. The van der Waals surface area contributed by atoms with Gasteiger partial charge >= 0.3 is 0 Å². The summed E-state index contributed by atoms with van der Waals surface area (Å²) in [5, 5.41) is 1.27. The van der Waals surface area contributed by atoms with Gasteiger partial charge in [0, 0.05) is 18.3 Å². The van der Waals surface area contributed by atoms with E-state index in [-0.39, 0.29) is 0 Å². The predicted molar refractivity (Wildman–Crippen MR) is 82.9 cm³/mol. The van der Waals surface area contributed by atoms with Gasteiger partial charge in [-0.2, -0.15) is 0 Å². The van der Waals surface area contributed by atoms with Crippen LogP contribution in [0.5, 0.6) is 0 Å². The highest BCUT2D eigenvalue weighted by Crippen LogP contribution is 2.37. The normalized spacial score (nSPS) is 12.5. The number of unbranched alkanes of at least 4 members (excludes halogenated alkanes) is 1. The van der Waals surface area contributed by atoms with Gasteiger partial charge in [-0.1, -0.05) is 43.5 Å². The van der Waals surface area contributed by atoms with Crippen molar-refractivity contribution in [3.63, 3.8) is 0 Å². The molecule has 0 aliphatic carbocycles. The lowest BCUT2D eigenvalue weighted by molar-refractivity contribution is 0.596. The van der Waals surface area contributed by atoms with Crippen LogP contribution in [0.2, 0.25) is 10.0 Å². The highest BCUT2D eigenvalue weighted by atomic mass is 35.5. The average Bonchev–Trinajstić information content (AvgIpc) is 2.31. The minimum Gasteiger partial charge on any atom is -0.399 e. The summed E-state index contributed by atoms with van der Waals surface area (Å²) in [5.74, 6) is 0. The summed E-state index contributed by atoms with van der Waals surface area (Å²) in [6.45, 7) is 7.51. The smallest absolute Gasteiger partial charge is 0.0748 e. The van der Waals surface area contributed by atoms with E-state index < -0.39 is 0 Å². The van der Waals surface area contributed by atoms with Crippen LogP contribution in [0, 0.1) is 0 Å². The summed E-state index contributed by atoms with van der Waals surface area (Å²) < 4.78 is 0. The summed E-state index contributed by atoms with van der Waals surface area (Å²) in [4.78, 5) is 2.29. The van der Waals surface area contributed by atoms with Gasteiger partial charge < -0.3 is 10.6 Å².